The van der Waals surface area contributed by atoms with Gasteiger partial charge in [-0.3, -0.25) is 24.6 Å². The van der Waals surface area contributed by atoms with Gasteiger partial charge < -0.3 is 15.5 Å². The fourth-order valence-electron chi connectivity index (χ4n) is 1.12. The summed E-state index contributed by atoms with van der Waals surface area (Å²) < 4.78 is 0. The number of carbonyl (C=O) groups excluding carboxylic acids is 2. The number of carboxylic acids is 2. The van der Waals surface area contributed by atoms with Crippen molar-refractivity contribution in [1.82, 2.24) is 15.5 Å². The van der Waals surface area contributed by atoms with Gasteiger partial charge in [-0.15, -0.1) is 0 Å². The van der Waals surface area contributed by atoms with Gasteiger partial charge in [0.25, 0.3) is 0 Å². The van der Waals surface area contributed by atoms with Crippen molar-refractivity contribution < 1.29 is 29.4 Å². The van der Waals surface area contributed by atoms with Gasteiger partial charge in [-0.1, -0.05) is 0 Å². The van der Waals surface area contributed by atoms with Crippen molar-refractivity contribution in [1.29, 1.82) is 0 Å². The molecule has 3 amide bonds. The molecule has 102 valence electrons. The molecule has 0 aliphatic carbocycles. The molecular formula is C9H15N3O6. The van der Waals surface area contributed by atoms with E-state index in [-0.39, 0.29) is 0 Å². The van der Waals surface area contributed by atoms with E-state index < -0.39 is 43.0 Å². The Bertz CT molecular complexity index is 340. The highest BCUT2D eigenvalue weighted by Crippen LogP contribution is 1.99. The monoisotopic (exact) mass is 261 g/mol. The molecule has 0 heterocycles. The zero-order valence-electron chi connectivity index (χ0n) is 9.97. The van der Waals surface area contributed by atoms with Crippen LogP contribution in [0, 0.1) is 0 Å². The van der Waals surface area contributed by atoms with Crippen LogP contribution in [-0.4, -0.2) is 65.2 Å². The van der Waals surface area contributed by atoms with Crippen LogP contribution in [0.3, 0.4) is 0 Å². The largest absolute Gasteiger partial charge is 0.480 e. The second-order valence-corrected chi connectivity index (χ2v) is 3.44. The molecule has 1 unspecified atom stereocenters. The van der Waals surface area contributed by atoms with Crippen LogP contribution < -0.4 is 10.6 Å². The maximum Gasteiger partial charge on any atom is 0.321 e. The maximum atomic E-state index is 11.5. The Labute approximate surface area is 103 Å². The Hall–Kier alpha value is -2.16. The number of nitrogens with one attached hydrogen (secondary N) is 2. The number of rotatable bonds is 6. The predicted octanol–water partition coefficient (Wildman–Crippen LogP) is -1.70. The zero-order valence-corrected chi connectivity index (χ0v) is 9.97. The quantitative estimate of drug-likeness (QED) is 0.447. The number of aliphatic carboxylic acids is 2. The highest BCUT2D eigenvalue weighted by molar-refractivity contribution is 5.97. The Morgan fingerprint density at radius 2 is 1.56 bits per heavy atom. The minimum atomic E-state index is -1.27. The van der Waals surface area contributed by atoms with Crippen LogP contribution in [0.2, 0.25) is 0 Å². The molecule has 0 aromatic carbocycles. The van der Waals surface area contributed by atoms with E-state index in [1.807, 2.05) is 5.32 Å². The van der Waals surface area contributed by atoms with E-state index >= 15 is 0 Å². The molecule has 4 N–H and O–H groups in total. The summed E-state index contributed by atoms with van der Waals surface area (Å²) in [6.07, 6.45) is 0. The molecule has 0 rings (SSSR count). The van der Waals surface area contributed by atoms with Crippen LogP contribution in [0.5, 0.6) is 0 Å². The predicted molar refractivity (Wildman–Crippen MR) is 58.9 cm³/mol. The van der Waals surface area contributed by atoms with Crippen molar-refractivity contribution in [2.75, 3.05) is 20.1 Å². The van der Waals surface area contributed by atoms with E-state index in [9.17, 15) is 19.2 Å². The van der Waals surface area contributed by atoms with Gasteiger partial charge in [0, 0.05) is 7.05 Å². The molecule has 9 heteroatoms. The van der Waals surface area contributed by atoms with Gasteiger partial charge in [-0.25, -0.2) is 4.79 Å². The first-order valence-electron chi connectivity index (χ1n) is 4.98. The second-order valence-electron chi connectivity index (χ2n) is 3.44. The van der Waals surface area contributed by atoms with Crippen molar-refractivity contribution >= 4 is 23.9 Å². The molecule has 1 atom stereocenters. The molecule has 0 aliphatic rings. The van der Waals surface area contributed by atoms with E-state index in [1.165, 1.54) is 14.0 Å². The first kappa shape index (κ1) is 15.8. The van der Waals surface area contributed by atoms with Crippen molar-refractivity contribution in [3.63, 3.8) is 0 Å². The van der Waals surface area contributed by atoms with Gasteiger partial charge in [0.15, 0.2) is 0 Å². The van der Waals surface area contributed by atoms with E-state index in [1.54, 1.807) is 0 Å². The summed E-state index contributed by atoms with van der Waals surface area (Å²) in [6.45, 7) is 0.0768. The number of carboxylic acid groups (broad SMARTS) is 2. The number of hydrogen-bond acceptors (Lipinski definition) is 5. The molecule has 0 aliphatic heterocycles. The number of amides is 3. The molecule has 0 aromatic heterocycles. The summed E-state index contributed by atoms with van der Waals surface area (Å²) in [5.41, 5.74) is 0. The van der Waals surface area contributed by atoms with Crippen LogP contribution in [-0.2, 0) is 14.4 Å². The maximum absolute atomic E-state index is 11.5. The van der Waals surface area contributed by atoms with Crippen molar-refractivity contribution in [2.45, 2.75) is 13.0 Å². The molecule has 0 bridgehead atoms. The number of hydrogen-bond donors (Lipinski definition) is 4. The normalized spacial score (nSPS) is 11.7. The molecule has 0 saturated carbocycles. The lowest BCUT2D eigenvalue weighted by Gasteiger charge is -2.24. The number of carbonyl (C=O) groups is 4. The van der Waals surface area contributed by atoms with Gasteiger partial charge in [0.1, 0.15) is 0 Å². The van der Waals surface area contributed by atoms with Gasteiger partial charge in [0.2, 0.25) is 5.91 Å². The third-order valence-corrected chi connectivity index (χ3v) is 2.07. The highest BCUT2D eigenvalue weighted by atomic mass is 16.4. The lowest BCUT2D eigenvalue weighted by molar-refractivity contribution is -0.143. The van der Waals surface area contributed by atoms with Crippen LogP contribution in [0.25, 0.3) is 0 Å². The summed E-state index contributed by atoms with van der Waals surface area (Å²) in [6, 6.07) is -1.81. The molecule has 0 saturated heterocycles. The zero-order chi connectivity index (χ0) is 14.3. The lowest BCUT2D eigenvalue weighted by Crippen LogP contribution is -2.51. The Balaban J connectivity index is 4.66. The Kier molecular flexibility index (Phi) is 6.35. The van der Waals surface area contributed by atoms with Crippen molar-refractivity contribution in [2.24, 2.45) is 0 Å². The Morgan fingerprint density at radius 3 is 1.89 bits per heavy atom. The van der Waals surface area contributed by atoms with Crippen molar-refractivity contribution in [3.8, 4) is 0 Å². The van der Waals surface area contributed by atoms with Gasteiger partial charge >= 0.3 is 18.0 Å². The molecule has 0 spiro atoms. The van der Waals surface area contributed by atoms with E-state index in [4.69, 9.17) is 10.2 Å². The third-order valence-electron chi connectivity index (χ3n) is 2.07. The van der Waals surface area contributed by atoms with E-state index in [2.05, 4.69) is 5.32 Å². The SMILES string of the molecule is CNC(=O)NC(=O)C(C)N(CC(=O)O)CC(=O)O. The first-order valence-corrected chi connectivity index (χ1v) is 4.98. The minimum absolute atomic E-state index is 0.616. The molecule has 0 fully saturated rings. The molecular weight excluding hydrogens is 246 g/mol. The average molecular weight is 261 g/mol. The lowest BCUT2D eigenvalue weighted by atomic mass is 10.2. The number of urea groups is 1. The number of imide groups is 1. The summed E-state index contributed by atoms with van der Waals surface area (Å²) in [5, 5.41) is 21.3. The van der Waals surface area contributed by atoms with Crippen LogP contribution in [0.15, 0.2) is 0 Å². The summed E-state index contributed by atoms with van der Waals surface area (Å²) >= 11 is 0. The first-order chi connectivity index (χ1) is 8.27. The topological polar surface area (TPSA) is 136 Å². The van der Waals surface area contributed by atoms with Crippen LogP contribution in [0.1, 0.15) is 6.92 Å². The summed E-state index contributed by atoms with van der Waals surface area (Å²) in [4.78, 5) is 44.4. The van der Waals surface area contributed by atoms with E-state index in [0.29, 0.717) is 0 Å². The van der Waals surface area contributed by atoms with Gasteiger partial charge in [-0.05, 0) is 6.92 Å². The molecule has 9 nitrogen and oxygen atoms in total. The minimum Gasteiger partial charge on any atom is -0.480 e. The summed E-state index contributed by atoms with van der Waals surface area (Å²) in [5.74, 6) is -3.32. The Morgan fingerprint density at radius 1 is 1.11 bits per heavy atom. The second kappa shape index (κ2) is 7.22. The smallest absolute Gasteiger partial charge is 0.321 e. The average Bonchev–Trinajstić information content (AvgIpc) is 2.25. The standard InChI is InChI=1S/C9H15N3O6/c1-5(8(17)11-9(18)10-2)12(3-6(13)14)4-7(15)16/h5H,3-4H2,1-2H3,(H,13,14)(H,15,16)(H2,10,11,17,18). The van der Waals surface area contributed by atoms with E-state index in [0.717, 1.165) is 4.90 Å². The number of nitrogens with zero attached hydrogens (tertiary/aromatic N) is 1. The van der Waals surface area contributed by atoms with Crippen LogP contribution >= 0.6 is 0 Å². The van der Waals surface area contributed by atoms with Gasteiger partial charge in [-0.2, -0.15) is 0 Å². The molecule has 0 aromatic rings. The fourth-order valence-corrected chi connectivity index (χ4v) is 1.12. The van der Waals surface area contributed by atoms with Crippen LogP contribution in [0.4, 0.5) is 4.79 Å². The van der Waals surface area contributed by atoms with Crippen molar-refractivity contribution in [3.05, 3.63) is 0 Å². The fraction of sp³-hybridized carbons (Fsp3) is 0.556. The highest BCUT2D eigenvalue weighted by Gasteiger charge is 2.26. The third kappa shape index (κ3) is 5.80. The molecule has 18 heavy (non-hydrogen) atoms. The molecule has 0 radical (unpaired) electrons. The van der Waals surface area contributed by atoms with Gasteiger partial charge in [0.05, 0.1) is 19.1 Å². The summed E-state index contributed by atoms with van der Waals surface area (Å²) in [7, 11) is 1.31.